The molecular weight excluding hydrogens is 302 g/mol. The summed E-state index contributed by atoms with van der Waals surface area (Å²) in [7, 11) is 1.56. The first-order chi connectivity index (χ1) is 10.7. The van der Waals surface area contributed by atoms with Crippen molar-refractivity contribution in [1.82, 2.24) is 0 Å². The van der Waals surface area contributed by atoms with Gasteiger partial charge in [0.25, 0.3) is 0 Å². The number of para-hydroxylation sites is 1. The van der Waals surface area contributed by atoms with Gasteiger partial charge in [0, 0.05) is 10.4 Å². The Labute approximate surface area is 132 Å². The summed E-state index contributed by atoms with van der Waals surface area (Å²) in [5.74, 6) is 0.815. The van der Waals surface area contributed by atoms with Crippen molar-refractivity contribution in [1.29, 1.82) is 0 Å². The summed E-state index contributed by atoms with van der Waals surface area (Å²) >= 11 is 5.96. The van der Waals surface area contributed by atoms with Gasteiger partial charge in [0.1, 0.15) is 11.3 Å². The molecule has 0 radical (unpaired) electrons. The van der Waals surface area contributed by atoms with Crippen LogP contribution in [-0.4, -0.2) is 19.4 Å². The minimum Gasteiger partial charge on any atom is -0.495 e. The van der Waals surface area contributed by atoms with Gasteiger partial charge < -0.3 is 14.5 Å². The summed E-state index contributed by atoms with van der Waals surface area (Å²) < 4.78 is 10.8. The van der Waals surface area contributed by atoms with E-state index in [9.17, 15) is 4.79 Å². The van der Waals surface area contributed by atoms with Crippen molar-refractivity contribution in [3.8, 4) is 5.75 Å². The average molecular weight is 316 g/mol. The van der Waals surface area contributed by atoms with E-state index in [1.54, 1.807) is 31.4 Å². The second-order valence-corrected chi connectivity index (χ2v) is 5.21. The smallest absolute Gasteiger partial charge is 0.216 e. The molecule has 22 heavy (non-hydrogen) atoms. The number of Topliss-reactive ketones (excluding diaryl/α,β-unsaturated/α-hetero) is 1. The second-order valence-electron chi connectivity index (χ2n) is 4.77. The molecule has 5 heteroatoms. The van der Waals surface area contributed by atoms with Gasteiger partial charge >= 0.3 is 0 Å². The van der Waals surface area contributed by atoms with Gasteiger partial charge in [-0.3, -0.25) is 4.79 Å². The lowest BCUT2D eigenvalue weighted by atomic mass is 10.2. The maximum absolute atomic E-state index is 12.2. The predicted molar refractivity (Wildman–Crippen MR) is 87.0 cm³/mol. The number of hydrogen-bond donors (Lipinski definition) is 1. The Hall–Kier alpha value is -2.46. The molecule has 2 aromatic carbocycles. The largest absolute Gasteiger partial charge is 0.495 e. The zero-order valence-corrected chi connectivity index (χ0v) is 12.7. The molecule has 1 aromatic heterocycles. The van der Waals surface area contributed by atoms with Crippen LogP contribution >= 0.6 is 11.6 Å². The van der Waals surface area contributed by atoms with Gasteiger partial charge in [0.15, 0.2) is 5.76 Å². The van der Waals surface area contributed by atoms with Crippen molar-refractivity contribution in [2.75, 3.05) is 19.0 Å². The number of methoxy groups -OCH3 is 1. The minimum atomic E-state index is -0.141. The molecule has 0 unspecified atom stereocenters. The predicted octanol–water partition coefficient (Wildman–Crippen LogP) is 4.39. The molecule has 3 rings (SSSR count). The standard InChI is InChI=1S/C17H14ClNO3/c1-21-16-7-6-12(18)9-13(16)19-10-14(20)17-8-11-4-2-3-5-15(11)22-17/h2-9,19H,10H2,1H3. The molecule has 3 aromatic rings. The summed E-state index contributed by atoms with van der Waals surface area (Å²) in [5, 5.41) is 4.51. The minimum absolute atomic E-state index is 0.0938. The van der Waals surface area contributed by atoms with Crippen molar-refractivity contribution in [2.45, 2.75) is 0 Å². The van der Waals surface area contributed by atoms with Crippen molar-refractivity contribution in [3.63, 3.8) is 0 Å². The number of nitrogens with one attached hydrogen (secondary N) is 1. The Morgan fingerprint density at radius 3 is 2.82 bits per heavy atom. The first-order valence-corrected chi connectivity index (χ1v) is 7.14. The number of halogens is 1. The van der Waals surface area contributed by atoms with E-state index < -0.39 is 0 Å². The highest BCUT2D eigenvalue weighted by Gasteiger charge is 2.13. The number of carbonyl (C=O) groups is 1. The lowest BCUT2D eigenvalue weighted by molar-refractivity contribution is 0.0982. The van der Waals surface area contributed by atoms with Gasteiger partial charge in [-0.25, -0.2) is 0 Å². The van der Waals surface area contributed by atoms with Crippen molar-refractivity contribution >= 4 is 34.0 Å². The lowest BCUT2D eigenvalue weighted by Gasteiger charge is -2.10. The number of ketones is 1. The first-order valence-electron chi connectivity index (χ1n) is 6.76. The maximum atomic E-state index is 12.2. The molecule has 0 saturated heterocycles. The quantitative estimate of drug-likeness (QED) is 0.709. The van der Waals surface area contributed by atoms with Gasteiger partial charge in [-0.05, 0) is 30.3 Å². The molecule has 0 atom stereocenters. The monoisotopic (exact) mass is 315 g/mol. The number of rotatable bonds is 5. The van der Waals surface area contributed by atoms with E-state index in [1.807, 2.05) is 24.3 Å². The van der Waals surface area contributed by atoms with Crippen LogP contribution in [0.5, 0.6) is 5.75 Å². The van der Waals surface area contributed by atoms with Crippen LogP contribution in [0, 0.1) is 0 Å². The van der Waals surface area contributed by atoms with Gasteiger partial charge in [0.05, 0.1) is 19.3 Å². The molecule has 0 aliphatic carbocycles. The van der Waals surface area contributed by atoms with Gasteiger partial charge in [-0.1, -0.05) is 29.8 Å². The number of fused-ring (bicyclic) bond motifs is 1. The van der Waals surface area contributed by atoms with Crippen LogP contribution in [0.15, 0.2) is 52.9 Å². The summed E-state index contributed by atoms with van der Waals surface area (Å²) in [6.07, 6.45) is 0. The second kappa shape index (κ2) is 6.12. The van der Waals surface area contributed by atoms with E-state index in [2.05, 4.69) is 5.32 Å². The van der Waals surface area contributed by atoms with E-state index >= 15 is 0 Å². The van der Waals surface area contributed by atoms with Crippen molar-refractivity contribution in [3.05, 3.63) is 59.3 Å². The molecule has 1 N–H and O–H groups in total. The average Bonchev–Trinajstić information content (AvgIpc) is 2.97. The van der Waals surface area contributed by atoms with Crippen molar-refractivity contribution in [2.24, 2.45) is 0 Å². The Bertz CT molecular complexity index is 793. The Morgan fingerprint density at radius 2 is 2.05 bits per heavy atom. The van der Waals surface area contributed by atoms with E-state index in [0.29, 0.717) is 27.8 Å². The molecular formula is C17H14ClNO3. The van der Waals surface area contributed by atoms with E-state index in [1.165, 1.54) is 0 Å². The third kappa shape index (κ3) is 2.92. The Kier molecular flexibility index (Phi) is 4.02. The Morgan fingerprint density at radius 1 is 1.23 bits per heavy atom. The highest BCUT2D eigenvalue weighted by atomic mass is 35.5. The van der Waals surface area contributed by atoms with Gasteiger partial charge in [-0.15, -0.1) is 0 Å². The molecule has 112 valence electrons. The van der Waals surface area contributed by atoms with Crippen LogP contribution in [0.4, 0.5) is 5.69 Å². The normalized spacial score (nSPS) is 10.6. The number of anilines is 1. The Balaban J connectivity index is 1.76. The molecule has 0 saturated carbocycles. The fourth-order valence-electron chi connectivity index (χ4n) is 2.20. The van der Waals surface area contributed by atoms with Crippen LogP contribution in [0.2, 0.25) is 5.02 Å². The summed E-state index contributed by atoms with van der Waals surface area (Å²) in [6.45, 7) is 0.0938. The third-order valence-corrected chi connectivity index (χ3v) is 3.54. The topological polar surface area (TPSA) is 51.5 Å². The number of hydrogen-bond acceptors (Lipinski definition) is 4. The molecule has 0 fully saturated rings. The summed E-state index contributed by atoms with van der Waals surface area (Å²) in [6, 6.07) is 14.4. The third-order valence-electron chi connectivity index (χ3n) is 3.30. The summed E-state index contributed by atoms with van der Waals surface area (Å²) in [4.78, 5) is 12.2. The first kappa shape index (κ1) is 14.5. The van der Waals surface area contributed by atoms with Gasteiger partial charge in [0.2, 0.25) is 5.78 Å². The molecule has 0 bridgehead atoms. The number of furan rings is 1. The SMILES string of the molecule is COc1ccc(Cl)cc1NCC(=O)c1cc2ccccc2o1. The number of benzene rings is 2. The van der Waals surface area contributed by atoms with Crippen LogP contribution in [0.1, 0.15) is 10.6 Å². The zero-order chi connectivity index (χ0) is 15.5. The van der Waals surface area contributed by atoms with E-state index in [0.717, 1.165) is 5.39 Å². The lowest BCUT2D eigenvalue weighted by Crippen LogP contribution is -2.13. The summed E-state index contributed by atoms with van der Waals surface area (Å²) in [5.41, 5.74) is 1.37. The highest BCUT2D eigenvalue weighted by molar-refractivity contribution is 6.31. The number of carbonyl (C=O) groups excluding carboxylic acids is 1. The maximum Gasteiger partial charge on any atom is 0.216 e. The van der Waals surface area contributed by atoms with Crippen LogP contribution in [-0.2, 0) is 0 Å². The number of ether oxygens (including phenoxy) is 1. The molecule has 0 amide bonds. The molecule has 0 spiro atoms. The molecule has 0 aliphatic rings. The fourth-order valence-corrected chi connectivity index (χ4v) is 2.37. The molecule has 1 heterocycles. The zero-order valence-electron chi connectivity index (χ0n) is 11.9. The van der Waals surface area contributed by atoms with Crippen LogP contribution < -0.4 is 10.1 Å². The van der Waals surface area contributed by atoms with E-state index in [-0.39, 0.29) is 12.3 Å². The molecule has 4 nitrogen and oxygen atoms in total. The van der Waals surface area contributed by atoms with Crippen LogP contribution in [0.25, 0.3) is 11.0 Å². The highest BCUT2D eigenvalue weighted by Crippen LogP contribution is 2.27. The molecule has 0 aliphatic heterocycles. The van der Waals surface area contributed by atoms with Crippen molar-refractivity contribution < 1.29 is 13.9 Å². The van der Waals surface area contributed by atoms with Crippen LogP contribution in [0.3, 0.4) is 0 Å². The van der Waals surface area contributed by atoms with Gasteiger partial charge in [-0.2, -0.15) is 0 Å². The fraction of sp³-hybridized carbons (Fsp3) is 0.118. The van der Waals surface area contributed by atoms with E-state index in [4.69, 9.17) is 20.8 Å².